The van der Waals surface area contributed by atoms with Crippen molar-refractivity contribution in [3.05, 3.63) is 50.9 Å². The molecule has 2 rings (SSSR count). The number of aryl methyl sites for hydroxylation is 1. The second-order valence-corrected chi connectivity index (χ2v) is 6.35. The van der Waals surface area contributed by atoms with Crippen LogP contribution in [0.5, 0.6) is 0 Å². The Morgan fingerprint density at radius 2 is 2.18 bits per heavy atom. The molecule has 0 aliphatic carbocycles. The van der Waals surface area contributed by atoms with Crippen LogP contribution in [0, 0.1) is 6.92 Å². The van der Waals surface area contributed by atoms with Gasteiger partial charge in [0.05, 0.1) is 5.01 Å². The summed E-state index contributed by atoms with van der Waals surface area (Å²) in [4.78, 5) is 9.80. The Bertz CT molecular complexity index is 615. The zero-order valence-corrected chi connectivity index (χ0v) is 16.5. The van der Waals surface area contributed by atoms with Crippen molar-refractivity contribution in [2.24, 2.45) is 4.99 Å². The topological polar surface area (TPSA) is 49.3 Å². The van der Waals surface area contributed by atoms with Crippen LogP contribution in [0.25, 0.3) is 0 Å². The summed E-state index contributed by atoms with van der Waals surface area (Å²) in [7, 11) is 1.76. The summed E-state index contributed by atoms with van der Waals surface area (Å²) >= 11 is 7.70. The van der Waals surface area contributed by atoms with Gasteiger partial charge in [-0.2, -0.15) is 0 Å². The lowest BCUT2D eigenvalue weighted by Gasteiger charge is -2.11. The molecule has 0 aliphatic rings. The highest BCUT2D eigenvalue weighted by Gasteiger charge is 2.01. The maximum absolute atomic E-state index is 5.97. The lowest BCUT2D eigenvalue weighted by atomic mass is 10.2. The van der Waals surface area contributed by atoms with Crippen molar-refractivity contribution in [3.8, 4) is 0 Å². The number of hydrogen-bond donors (Lipinski definition) is 2. The number of thiazole rings is 1. The lowest BCUT2D eigenvalue weighted by molar-refractivity contribution is 0.792. The van der Waals surface area contributed by atoms with Crippen LogP contribution in [0.3, 0.4) is 0 Å². The second kappa shape index (κ2) is 10.0. The number of nitrogens with one attached hydrogen (secondary N) is 2. The van der Waals surface area contributed by atoms with Crippen LogP contribution in [0.2, 0.25) is 5.02 Å². The van der Waals surface area contributed by atoms with Crippen molar-refractivity contribution in [1.29, 1.82) is 0 Å². The fraction of sp³-hybridized carbons (Fsp3) is 0.333. The molecule has 0 fully saturated rings. The van der Waals surface area contributed by atoms with E-state index in [1.807, 2.05) is 30.5 Å². The smallest absolute Gasteiger partial charge is 0.191 e. The van der Waals surface area contributed by atoms with Crippen LogP contribution in [0.15, 0.2) is 35.5 Å². The van der Waals surface area contributed by atoms with Gasteiger partial charge in [0.1, 0.15) is 0 Å². The van der Waals surface area contributed by atoms with Gasteiger partial charge in [-0.15, -0.1) is 35.3 Å². The van der Waals surface area contributed by atoms with E-state index in [9.17, 15) is 0 Å². The van der Waals surface area contributed by atoms with E-state index < -0.39 is 0 Å². The Kier molecular flexibility index (Phi) is 8.74. The zero-order chi connectivity index (χ0) is 15.1. The van der Waals surface area contributed by atoms with E-state index in [0.717, 1.165) is 34.5 Å². The van der Waals surface area contributed by atoms with Gasteiger partial charge >= 0.3 is 0 Å². The van der Waals surface area contributed by atoms with Gasteiger partial charge in [-0.25, -0.2) is 4.98 Å². The third-order valence-corrected chi connectivity index (χ3v) is 4.08. The van der Waals surface area contributed by atoms with Crippen molar-refractivity contribution in [3.63, 3.8) is 0 Å². The van der Waals surface area contributed by atoms with E-state index in [-0.39, 0.29) is 24.0 Å². The Morgan fingerprint density at radius 3 is 2.82 bits per heavy atom. The Hall–Kier alpha value is -0.860. The first-order valence-corrected chi connectivity index (χ1v) is 7.97. The van der Waals surface area contributed by atoms with Crippen LogP contribution in [0.4, 0.5) is 0 Å². The average Bonchev–Trinajstić information content (AvgIpc) is 2.88. The Labute approximate surface area is 157 Å². The third-order valence-electron chi connectivity index (χ3n) is 2.87. The predicted octanol–water partition coefficient (Wildman–Crippen LogP) is 3.63. The van der Waals surface area contributed by atoms with Gasteiger partial charge in [-0.3, -0.25) is 4.99 Å². The highest BCUT2D eigenvalue weighted by Crippen LogP contribution is 2.11. The number of aromatic nitrogens is 1. The highest BCUT2D eigenvalue weighted by molar-refractivity contribution is 14.0. The number of aliphatic imine (C=N–C) groups is 1. The Morgan fingerprint density at radius 1 is 1.36 bits per heavy atom. The number of benzene rings is 1. The van der Waals surface area contributed by atoms with E-state index in [1.165, 1.54) is 4.88 Å². The summed E-state index contributed by atoms with van der Waals surface area (Å²) in [5.74, 6) is 0.781. The fourth-order valence-electron chi connectivity index (χ4n) is 1.86. The first kappa shape index (κ1) is 19.2. The van der Waals surface area contributed by atoms with Crippen LogP contribution in [0.1, 0.15) is 15.4 Å². The minimum Gasteiger partial charge on any atom is -0.356 e. The predicted molar refractivity (Wildman–Crippen MR) is 106 cm³/mol. The molecule has 1 aromatic heterocycles. The molecule has 22 heavy (non-hydrogen) atoms. The normalized spacial score (nSPS) is 11.0. The number of rotatable bonds is 5. The van der Waals surface area contributed by atoms with Gasteiger partial charge in [-0.1, -0.05) is 23.7 Å². The molecule has 2 N–H and O–H groups in total. The molecule has 120 valence electrons. The van der Waals surface area contributed by atoms with Crippen molar-refractivity contribution >= 4 is 52.9 Å². The van der Waals surface area contributed by atoms with E-state index in [4.69, 9.17) is 11.6 Å². The van der Waals surface area contributed by atoms with E-state index >= 15 is 0 Å². The molecule has 0 atom stereocenters. The summed E-state index contributed by atoms with van der Waals surface area (Å²) in [5, 5.41) is 8.44. The molecule has 1 aromatic carbocycles. The fourth-order valence-corrected chi connectivity index (χ4v) is 2.86. The molecular weight excluding hydrogens is 431 g/mol. The molecule has 0 aliphatic heterocycles. The maximum atomic E-state index is 5.97. The highest BCUT2D eigenvalue weighted by atomic mass is 127. The summed E-state index contributed by atoms with van der Waals surface area (Å²) in [6, 6.07) is 7.79. The molecule has 0 spiro atoms. The largest absolute Gasteiger partial charge is 0.356 e. The average molecular weight is 451 g/mol. The molecular formula is C15H20ClIN4S. The number of hydrogen-bond acceptors (Lipinski definition) is 3. The van der Waals surface area contributed by atoms with Gasteiger partial charge in [0, 0.05) is 42.7 Å². The van der Waals surface area contributed by atoms with Crippen molar-refractivity contribution in [2.45, 2.75) is 19.9 Å². The third kappa shape index (κ3) is 6.50. The molecule has 0 bridgehead atoms. The van der Waals surface area contributed by atoms with Gasteiger partial charge in [0.15, 0.2) is 5.96 Å². The van der Waals surface area contributed by atoms with Gasteiger partial charge in [0.2, 0.25) is 0 Å². The van der Waals surface area contributed by atoms with Crippen LogP contribution >= 0.6 is 46.9 Å². The van der Waals surface area contributed by atoms with Crippen LogP contribution < -0.4 is 10.6 Å². The van der Waals surface area contributed by atoms with E-state index in [0.29, 0.717) is 6.54 Å². The molecule has 0 saturated heterocycles. The monoisotopic (exact) mass is 450 g/mol. The molecule has 1 heterocycles. The maximum Gasteiger partial charge on any atom is 0.191 e. The first-order valence-electron chi connectivity index (χ1n) is 6.77. The molecule has 0 unspecified atom stereocenters. The lowest BCUT2D eigenvalue weighted by Crippen LogP contribution is -2.37. The van der Waals surface area contributed by atoms with Crippen LogP contribution in [-0.2, 0) is 13.0 Å². The van der Waals surface area contributed by atoms with Gasteiger partial charge in [0.25, 0.3) is 0 Å². The summed E-state index contributed by atoms with van der Waals surface area (Å²) in [6.45, 7) is 3.57. The molecule has 2 aromatic rings. The standard InChI is InChI=1S/C15H19ClN4S.HI/c1-11-9-19-14(21-11)6-7-18-15(17-2)20-10-12-4-3-5-13(16)8-12;/h3-5,8-9H,6-7,10H2,1-2H3,(H2,17,18,20);1H. The molecule has 0 radical (unpaired) electrons. The number of guanidine groups is 1. The zero-order valence-electron chi connectivity index (χ0n) is 12.6. The van der Waals surface area contributed by atoms with Gasteiger partial charge < -0.3 is 10.6 Å². The number of halogens is 2. The first-order chi connectivity index (χ1) is 10.2. The van der Waals surface area contributed by atoms with E-state index in [1.54, 1.807) is 18.4 Å². The molecule has 4 nitrogen and oxygen atoms in total. The number of nitrogens with zero attached hydrogens (tertiary/aromatic N) is 2. The SMILES string of the molecule is CN=C(NCCc1ncc(C)s1)NCc1cccc(Cl)c1.I. The minimum atomic E-state index is 0. The van der Waals surface area contributed by atoms with Crippen LogP contribution in [-0.4, -0.2) is 24.5 Å². The minimum absolute atomic E-state index is 0. The molecule has 0 saturated carbocycles. The molecule has 0 amide bonds. The second-order valence-electron chi connectivity index (χ2n) is 4.60. The molecule has 7 heteroatoms. The summed E-state index contributed by atoms with van der Waals surface area (Å²) in [6.07, 6.45) is 2.81. The quantitative estimate of drug-likeness (QED) is 0.415. The Balaban J connectivity index is 0.00000242. The summed E-state index contributed by atoms with van der Waals surface area (Å²) < 4.78 is 0. The summed E-state index contributed by atoms with van der Waals surface area (Å²) in [5.41, 5.74) is 1.13. The van der Waals surface area contributed by atoms with Crippen molar-refractivity contribution < 1.29 is 0 Å². The van der Waals surface area contributed by atoms with E-state index in [2.05, 4.69) is 27.5 Å². The van der Waals surface area contributed by atoms with Crippen molar-refractivity contribution in [1.82, 2.24) is 15.6 Å². The van der Waals surface area contributed by atoms with Gasteiger partial charge in [-0.05, 0) is 24.6 Å². The van der Waals surface area contributed by atoms with Crippen molar-refractivity contribution in [2.75, 3.05) is 13.6 Å².